The van der Waals surface area contributed by atoms with E-state index in [9.17, 15) is 9.59 Å². The van der Waals surface area contributed by atoms with Crippen molar-refractivity contribution >= 4 is 35.0 Å². The molecule has 1 aliphatic rings. The molecule has 0 aromatic heterocycles. The van der Waals surface area contributed by atoms with Crippen LogP contribution in [0.5, 0.6) is 5.75 Å². The molecule has 5 nitrogen and oxygen atoms in total. The summed E-state index contributed by atoms with van der Waals surface area (Å²) in [7, 11) is 0. The third kappa shape index (κ3) is 4.27. The molecule has 1 saturated heterocycles. The molecule has 0 spiro atoms. The smallest absolute Gasteiger partial charge is 0.263 e. The second-order valence-corrected chi connectivity index (χ2v) is 6.26. The van der Waals surface area contributed by atoms with Crippen LogP contribution in [0.1, 0.15) is 19.8 Å². The summed E-state index contributed by atoms with van der Waals surface area (Å²) in [6, 6.07) is 4.78. The lowest BCUT2D eigenvalue weighted by atomic mass is 9.97. The summed E-state index contributed by atoms with van der Waals surface area (Å²) in [5, 5.41) is 0.878. The van der Waals surface area contributed by atoms with Gasteiger partial charge in [0, 0.05) is 23.1 Å². The first kappa shape index (κ1) is 16.9. The van der Waals surface area contributed by atoms with E-state index < -0.39 is 6.10 Å². The number of likely N-dealkylation sites (tertiary alicyclic amines) is 1. The maximum absolute atomic E-state index is 12.4. The van der Waals surface area contributed by atoms with Crippen molar-refractivity contribution in [2.75, 3.05) is 13.1 Å². The Morgan fingerprint density at radius 2 is 1.95 bits per heavy atom. The lowest BCUT2D eigenvalue weighted by molar-refractivity contribution is -0.141. The highest BCUT2D eigenvalue weighted by molar-refractivity contribution is 6.34. The first-order valence-electron chi connectivity index (χ1n) is 7.07. The van der Waals surface area contributed by atoms with Gasteiger partial charge in [0.1, 0.15) is 5.75 Å². The summed E-state index contributed by atoms with van der Waals surface area (Å²) in [4.78, 5) is 25.3. The highest BCUT2D eigenvalue weighted by Crippen LogP contribution is 2.25. The lowest BCUT2D eigenvalue weighted by Gasteiger charge is -2.33. The molecule has 22 heavy (non-hydrogen) atoms. The van der Waals surface area contributed by atoms with Crippen LogP contribution in [-0.2, 0) is 9.59 Å². The van der Waals surface area contributed by atoms with Crippen LogP contribution in [0.25, 0.3) is 0 Å². The molecular weight excluding hydrogens is 327 g/mol. The van der Waals surface area contributed by atoms with Gasteiger partial charge in [0.05, 0.1) is 5.92 Å². The van der Waals surface area contributed by atoms with E-state index in [-0.39, 0.29) is 17.7 Å². The van der Waals surface area contributed by atoms with Crippen LogP contribution in [0.15, 0.2) is 18.2 Å². The van der Waals surface area contributed by atoms with Crippen molar-refractivity contribution in [3.05, 3.63) is 28.2 Å². The number of ether oxygens (including phenoxy) is 1. The van der Waals surface area contributed by atoms with Gasteiger partial charge in [0.25, 0.3) is 5.91 Å². The second kappa shape index (κ2) is 7.20. The molecule has 2 rings (SSSR count). The zero-order valence-corrected chi connectivity index (χ0v) is 13.7. The fourth-order valence-corrected chi connectivity index (χ4v) is 3.02. The van der Waals surface area contributed by atoms with Crippen molar-refractivity contribution in [2.24, 2.45) is 11.7 Å². The summed E-state index contributed by atoms with van der Waals surface area (Å²) >= 11 is 11.8. The Hall–Kier alpha value is -1.46. The Morgan fingerprint density at radius 3 is 2.55 bits per heavy atom. The van der Waals surface area contributed by atoms with Gasteiger partial charge in [-0.2, -0.15) is 0 Å². The molecule has 0 radical (unpaired) electrons. The monoisotopic (exact) mass is 344 g/mol. The summed E-state index contributed by atoms with van der Waals surface area (Å²) < 4.78 is 5.61. The Bertz CT molecular complexity index is 560. The van der Waals surface area contributed by atoms with E-state index in [1.165, 1.54) is 0 Å². The molecule has 0 saturated carbocycles. The number of nitrogens with zero attached hydrogens (tertiary/aromatic N) is 1. The number of primary amides is 1. The van der Waals surface area contributed by atoms with Crippen LogP contribution < -0.4 is 10.5 Å². The zero-order valence-electron chi connectivity index (χ0n) is 12.2. The van der Waals surface area contributed by atoms with Gasteiger partial charge in [0.15, 0.2) is 6.10 Å². The summed E-state index contributed by atoms with van der Waals surface area (Å²) in [5.41, 5.74) is 5.33. The predicted octanol–water partition coefficient (Wildman–Crippen LogP) is 2.48. The van der Waals surface area contributed by atoms with Crippen molar-refractivity contribution in [3.63, 3.8) is 0 Å². The number of benzene rings is 1. The number of nitrogens with two attached hydrogens (primary N) is 1. The van der Waals surface area contributed by atoms with E-state index in [0.717, 1.165) is 12.8 Å². The van der Waals surface area contributed by atoms with Gasteiger partial charge in [-0.25, -0.2) is 0 Å². The predicted molar refractivity (Wildman–Crippen MR) is 85.1 cm³/mol. The Balaban J connectivity index is 2.00. The molecule has 0 unspecified atom stereocenters. The summed E-state index contributed by atoms with van der Waals surface area (Å²) in [6.07, 6.45) is 0.786. The van der Waals surface area contributed by atoms with Crippen LogP contribution in [-0.4, -0.2) is 35.9 Å². The number of amides is 2. The molecule has 1 fully saturated rings. The maximum atomic E-state index is 12.4. The van der Waals surface area contributed by atoms with Gasteiger partial charge in [-0.1, -0.05) is 23.2 Å². The average molecular weight is 345 g/mol. The Labute approximate surface area is 139 Å². The van der Waals surface area contributed by atoms with Gasteiger partial charge >= 0.3 is 0 Å². The molecule has 1 aliphatic heterocycles. The fourth-order valence-electron chi connectivity index (χ4n) is 2.52. The normalized spacial score (nSPS) is 19.6. The van der Waals surface area contributed by atoms with Crippen LogP contribution >= 0.6 is 23.2 Å². The minimum absolute atomic E-state index is 0.179. The standard InChI is InChI=1S/C15H18Cl2N2O3/c1-9(22-13-6-11(16)5-12(17)7-13)15(21)19-4-2-3-10(8-19)14(18)20/h5-7,9-10H,2-4,8H2,1H3,(H2,18,20)/t9-,10+/m1/s1. The quantitative estimate of drug-likeness (QED) is 0.911. The topological polar surface area (TPSA) is 72.6 Å². The molecule has 0 bridgehead atoms. The largest absolute Gasteiger partial charge is 0.481 e. The summed E-state index contributed by atoms with van der Waals surface area (Å²) in [6.45, 7) is 2.61. The molecule has 2 atom stereocenters. The highest BCUT2D eigenvalue weighted by Gasteiger charge is 2.30. The third-order valence-electron chi connectivity index (χ3n) is 3.63. The van der Waals surface area contributed by atoms with E-state index in [2.05, 4.69) is 0 Å². The molecule has 1 aromatic carbocycles. The molecular formula is C15H18Cl2N2O3. The van der Waals surface area contributed by atoms with Crippen molar-refractivity contribution in [1.82, 2.24) is 4.90 Å². The number of halogens is 2. The molecule has 7 heteroatoms. The van der Waals surface area contributed by atoms with Crippen LogP contribution in [0, 0.1) is 5.92 Å². The first-order valence-corrected chi connectivity index (χ1v) is 7.83. The Kier molecular flexibility index (Phi) is 5.53. The van der Waals surface area contributed by atoms with Gasteiger partial charge in [0.2, 0.25) is 5.91 Å². The fraction of sp³-hybridized carbons (Fsp3) is 0.467. The van der Waals surface area contributed by atoms with Crippen molar-refractivity contribution < 1.29 is 14.3 Å². The number of carbonyl (C=O) groups excluding carboxylic acids is 2. The van der Waals surface area contributed by atoms with Gasteiger partial charge < -0.3 is 15.4 Å². The van der Waals surface area contributed by atoms with Crippen molar-refractivity contribution in [1.29, 1.82) is 0 Å². The van der Waals surface area contributed by atoms with E-state index in [4.69, 9.17) is 33.7 Å². The summed E-state index contributed by atoms with van der Waals surface area (Å²) in [5.74, 6) is -0.401. The molecule has 1 heterocycles. The number of hydrogen-bond acceptors (Lipinski definition) is 3. The van der Waals surface area contributed by atoms with E-state index in [1.807, 2.05) is 0 Å². The van der Waals surface area contributed by atoms with Crippen LogP contribution in [0.4, 0.5) is 0 Å². The van der Waals surface area contributed by atoms with Crippen molar-refractivity contribution in [2.45, 2.75) is 25.9 Å². The van der Waals surface area contributed by atoms with Crippen LogP contribution in [0.2, 0.25) is 10.0 Å². The van der Waals surface area contributed by atoms with Gasteiger partial charge in [-0.3, -0.25) is 9.59 Å². The van der Waals surface area contributed by atoms with Gasteiger partial charge in [-0.05, 0) is 38.0 Å². The number of rotatable bonds is 4. The van der Waals surface area contributed by atoms with E-state index in [1.54, 1.807) is 30.0 Å². The lowest BCUT2D eigenvalue weighted by Crippen LogP contribution is -2.48. The van der Waals surface area contributed by atoms with Gasteiger partial charge in [-0.15, -0.1) is 0 Å². The first-order chi connectivity index (χ1) is 10.4. The van der Waals surface area contributed by atoms with Crippen molar-refractivity contribution in [3.8, 4) is 5.75 Å². The molecule has 2 N–H and O–H groups in total. The minimum Gasteiger partial charge on any atom is -0.481 e. The zero-order chi connectivity index (χ0) is 16.3. The average Bonchev–Trinajstić information content (AvgIpc) is 2.45. The maximum Gasteiger partial charge on any atom is 0.263 e. The molecule has 120 valence electrons. The van der Waals surface area contributed by atoms with E-state index in [0.29, 0.717) is 28.9 Å². The number of carbonyl (C=O) groups is 2. The number of hydrogen-bond donors (Lipinski definition) is 1. The SMILES string of the molecule is C[C@@H](Oc1cc(Cl)cc(Cl)c1)C(=O)N1CCC[C@H](C(N)=O)C1. The molecule has 2 amide bonds. The highest BCUT2D eigenvalue weighted by atomic mass is 35.5. The second-order valence-electron chi connectivity index (χ2n) is 5.39. The minimum atomic E-state index is -0.693. The Morgan fingerprint density at radius 1 is 1.32 bits per heavy atom. The van der Waals surface area contributed by atoms with Crippen LogP contribution in [0.3, 0.4) is 0 Å². The third-order valence-corrected chi connectivity index (χ3v) is 4.07. The molecule has 0 aliphatic carbocycles. The van der Waals surface area contributed by atoms with E-state index >= 15 is 0 Å². The molecule has 1 aromatic rings. The number of piperidine rings is 1.